The molecule has 3 atom stereocenters. The van der Waals surface area contributed by atoms with Gasteiger partial charge in [0.05, 0.1) is 25.7 Å². The molecule has 0 spiro atoms. The summed E-state index contributed by atoms with van der Waals surface area (Å²) in [5.74, 6) is 1.44. The Morgan fingerprint density at radius 3 is 2.22 bits per heavy atom. The number of nitrogens with zero attached hydrogens (tertiary/aromatic N) is 1. The second kappa shape index (κ2) is 10.7. The molecule has 5 rings (SSSR count). The molecule has 1 aliphatic heterocycles. The molecular formula is C29H26BrCl2NO4. The van der Waals surface area contributed by atoms with Gasteiger partial charge in [-0.15, -0.1) is 0 Å². The number of ether oxygens (including phenoxy) is 3. The smallest absolute Gasteiger partial charge is 0.163 e. The third kappa shape index (κ3) is 5.39. The number of halogens is 3. The van der Waals surface area contributed by atoms with Crippen molar-refractivity contribution in [2.24, 2.45) is 0 Å². The Labute approximate surface area is 234 Å². The van der Waals surface area contributed by atoms with E-state index < -0.39 is 6.23 Å². The van der Waals surface area contributed by atoms with Crippen molar-refractivity contribution in [2.75, 3.05) is 6.61 Å². The molecule has 1 fully saturated rings. The summed E-state index contributed by atoms with van der Waals surface area (Å²) in [5.41, 5.74) is 3.61. The van der Waals surface area contributed by atoms with Crippen molar-refractivity contribution in [1.82, 2.24) is 4.57 Å². The summed E-state index contributed by atoms with van der Waals surface area (Å²) in [6.45, 7) is 5.91. The van der Waals surface area contributed by atoms with Gasteiger partial charge in [0.25, 0.3) is 0 Å². The van der Waals surface area contributed by atoms with Crippen LogP contribution in [0.15, 0.2) is 65.3 Å². The second-order valence-electron chi connectivity index (χ2n) is 9.33. The Kier molecular flexibility index (Phi) is 7.55. The molecule has 1 aliphatic rings. The van der Waals surface area contributed by atoms with Crippen molar-refractivity contribution in [3.63, 3.8) is 0 Å². The zero-order valence-corrected chi connectivity index (χ0v) is 23.7. The van der Waals surface area contributed by atoms with Crippen molar-refractivity contribution in [1.29, 1.82) is 0 Å². The highest BCUT2D eigenvalue weighted by Crippen LogP contribution is 2.42. The van der Waals surface area contributed by atoms with Crippen molar-refractivity contribution in [2.45, 2.75) is 45.6 Å². The Hall–Kier alpha value is -2.51. The number of aryl methyl sites for hydroxylation is 2. The fraction of sp³-hybridized carbons (Fsp3) is 0.276. The van der Waals surface area contributed by atoms with E-state index in [1.807, 2.05) is 66.9 Å². The molecule has 3 aromatic carbocycles. The number of rotatable bonds is 7. The first-order chi connectivity index (χ1) is 17.7. The van der Waals surface area contributed by atoms with Gasteiger partial charge in [0.15, 0.2) is 5.78 Å². The van der Waals surface area contributed by atoms with Gasteiger partial charge < -0.3 is 18.8 Å². The Morgan fingerprint density at radius 1 is 1.00 bits per heavy atom. The molecular weight excluding hydrogens is 577 g/mol. The van der Waals surface area contributed by atoms with Crippen LogP contribution in [0, 0.1) is 13.8 Å². The number of aromatic nitrogens is 1. The molecule has 8 heteroatoms. The van der Waals surface area contributed by atoms with Gasteiger partial charge in [0.1, 0.15) is 36.5 Å². The lowest BCUT2D eigenvalue weighted by Gasteiger charge is -2.20. The number of Topliss-reactive ketones (excluding diaryl/α,β-unsaturated/α-hetero) is 1. The number of carbonyl (C=O) groups excluding carboxylic acids is 1. The minimum absolute atomic E-state index is 0.0845. The van der Waals surface area contributed by atoms with Crippen LogP contribution in [0.2, 0.25) is 10.0 Å². The standard InChI is InChI=1S/C29H26BrCl2NO4/c1-16-4-8-19(9-5-16)35-15-26-25(36-20-10-6-17(2)7-11-20)14-27(37-26)33-24-13-23(32)22(31)12-21(24)28(18(3)34)29(33)30/h4-13,25-27H,14-15H2,1-3H3/t25-,26+,27+/m0/s1. The van der Waals surface area contributed by atoms with E-state index in [1.54, 1.807) is 12.1 Å². The lowest BCUT2D eigenvalue weighted by Crippen LogP contribution is -2.32. The number of hydrogen-bond acceptors (Lipinski definition) is 4. The summed E-state index contributed by atoms with van der Waals surface area (Å²) < 4.78 is 21.6. The predicted octanol–water partition coefficient (Wildman–Crippen LogP) is 8.34. The summed E-state index contributed by atoms with van der Waals surface area (Å²) >= 11 is 16.3. The van der Waals surface area contributed by atoms with E-state index in [1.165, 1.54) is 6.92 Å². The van der Waals surface area contributed by atoms with Gasteiger partial charge in [-0.1, -0.05) is 58.6 Å². The molecule has 0 aliphatic carbocycles. The van der Waals surface area contributed by atoms with E-state index in [4.69, 9.17) is 37.4 Å². The first-order valence-corrected chi connectivity index (χ1v) is 13.5. The topological polar surface area (TPSA) is 49.7 Å². The van der Waals surface area contributed by atoms with Crippen LogP contribution in [0.5, 0.6) is 11.5 Å². The lowest BCUT2D eigenvalue weighted by molar-refractivity contribution is -0.0345. The van der Waals surface area contributed by atoms with Crippen LogP contribution < -0.4 is 9.47 Å². The monoisotopic (exact) mass is 601 g/mol. The van der Waals surface area contributed by atoms with Crippen LogP contribution in [-0.2, 0) is 4.74 Å². The maximum absolute atomic E-state index is 12.6. The van der Waals surface area contributed by atoms with Gasteiger partial charge in [-0.2, -0.15) is 0 Å². The quantitative estimate of drug-likeness (QED) is 0.199. The van der Waals surface area contributed by atoms with E-state index in [9.17, 15) is 4.79 Å². The van der Waals surface area contributed by atoms with Gasteiger partial charge >= 0.3 is 0 Å². The molecule has 0 unspecified atom stereocenters. The number of benzene rings is 3. The summed E-state index contributed by atoms with van der Waals surface area (Å²) in [4.78, 5) is 12.6. The molecule has 0 bridgehead atoms. The number of fused-ring (bicyclic) bond motifs is 1. The normalized spacial score (nSPS) is 19.4. The Balaban J connectivity index is 1.49. The van der Waals surface area contributed by atoms with Gasteiger partial charge in [-0.3, -0.25) is 4.79 Å². The Morgan fingerprint density at radius 2 is 1.59 bits per heavy atom. The zero-order valence-electron chi connectivity index (χ0n) is 20.6. The molecule has 1 saturated heterocycles. The molecule has 4 aromatic rings. The molecule has 0 saturated carbocycles. The van der Waals surface area contributed by atoms with Crippen molar-refractivity contribution < 1.29 is 19.0 Å². The number of carbonyl (C=O) groups is 1. The highest BCUT2D eigenvalue weighted by Gasteiger charge is 2.40. The summed E-state index contributed by atoms with van der Waals surface area (Å²) in [5, 5.41) is 1.51. The van der Waals surface area contributed by atoms with Gasteiger partial charge in [-0.05, 0) is 73.1 Å². The fourth-order valence-electron chi connectivity index (χ4n) is 4.63. The van der Waals surface area contributed by atoms with E-state index in [2.05, 4.69) is 15.9 Å². The molecule has 0 N–H and O–H groups in total. The first-order valence-electron chi connectivity index (χ1n) is 12.0. The molecule has 37 heavy (non-hydrogen) atoms. The number of hydrogen-bond donors (Lipinski definition) is 0. The fourth-order valence-corrected chi connectivity index (χ4v) is 5.86. The highest BCUT2D eigenvalue weighted by atomic mass is 79.9. The molecule has 2 heterocycles. The van der Waals surface area contributed by atoms with E-state index in [-0.39, 0.29) is 18.0 Å². The summed E-state index contributed by atoms with van der Waals surface area (Å²) in [6.07, 6.45) is -0.536. The van der Waals surface area contributed by atoms with Crippen LogP contribution in [-0.4, -0.2) is 29.2 Å². The minimum atomic E-state index is -0.427. The number of ketones is 1. The minimum Gasteiger partial charge on any atom is -0.491 e. The maximum Gasteiger partial charge on any atom is 0.163 e. The van der Waals surface area contributed by atoms with E-state index in [0.717, 1.165) is 28.1 Å². The van der Waals surface area contributed by atoms with Crippen LogP contribution in [0.4, 0.5) is 0 Å². The lowest BCUT2D eigenvalue weighted by atomic mass is 10.1. The SMILES string of the molecule is CC(=O)c1c(Br)n([C@H]2C[C@H](Oc3ccc(C)cc3)[C@@H](COc3ccc(C)cc3)O2)c2cc(Cl)c(Cl)cc12. The third-order valence-electron chi connectivity index (χ3n) is 6.55. The van der Waals surface area contributed by atoms with Crippen LogP contribution in [0.3, 0.4) is 0 Å². The molecule has 192 valence electrons. The average Bonchev–Trinajstić information content (AvgIpc) is 3.37. The van der Waals surface area contributed by atoms with Gasteiger partial charge in [0.2, 0.25) is 0 Å². The van der Waals surface area contributed by atoms with Crippen LogP contribution in [0.25, 0.3) is 10.9 Å². The largest absolute Gasteiger partial charge is 0.491 e. The van der Waals surface area contributed by atoms with Crippen molar-refractivity contribution in [3.8, 4) is 11.5 Å². The van der Waals surface area contributed by atoms with Crippen molar-refractivity contribution in [3.05, 3.63) is 92.0 Å². The molecule has 5 nitrogen and oxygen atoms in total. The zero-order chi connectivity index (χ0) is 26.3. The van der Waals surface area contributed by atoms with Gasteiger partial charge in [0, 0.05) is 11.8 Å². The molecule has 0 radical (unpaired) electrons. The van der Waals surface area contributed by atoms with Gasteiger partial charge in [-0.25, -0.2) is 0 Å². The average molecular weight is 603 g/mol. The summed E-state index contributed by atoms with van der Waals surface area (Å²) in [6, 6.07) is 19.3. The third-order valence-corrected chi connectivity index (χ3v) is 8.05. The first kappa shape index (κ1) is 26.1. The van der Waals surface area contributed by atoms with Crippen LogP contribution >= 0.6 is 39.1 Å². The maximum atomic E-state index is 12.6. The predicted molar refractivity (Wildman–Crippen MR) is 150 cm³/mol. The highest BCUT2D eigenvalue weighted by molar-refractivity contribution is 9.10. The molecule has 1 aromatic heterocycles. The summed E-state index contributed by atoms with van der Waals surface area (Å²) in [7, 11) is 0. The van der Waals surface area contributed by atoms with E-state index >= 15 is 0 Å². The second-order valence-corrected chi connectivity index (χ2v) is 10.9. The Bertz CT molecular complexity index is 1450. The van der Waals surface area contributed by atoms with Crippen LogP contribution in [0.1, 0.15) is 41.1 Å². The molecule has 0 amide bonds. The van der Waals surface area contributed by atoms with E-state index in [0.29, 0.717) is 38.6 Å². The van der Waals surface area contributed by atoms with Crippen molar-refractivity contribution >= 4 is 55.8 Å².